The van der Waals surface area contributed by atoms with Crippen LogP contribution in [0.25, 0.3) is 0 Å². The minimum atomic E-state index is -4.80. The second-order valence-corrected chi connectivity index (χ2v) is 7.47. The second-order valence-electron chi connectivity index (χ2n) is 7.47. The van der Waals surface area contributed by atoms with Crippen molar-refractivity contribution in [1.82, 2.24) is 0 Å². The normalized spacial score (nSPS) is 34.1. The maximum Gasteiger partial charge on any atom is 0.417 e. The molecule has 2 fully saturated rings. The van der Waals surface area contributed by atoms with Gasteiger partial charge in [0, 0.05) is 12.1 Å². The monoisotopic (exact) mass is 398 g/mol. The summed E-state index contributed by atoms with van der Waals surface area (Å²) in [5.74, 6) is -4.77. The molecule has 7 nitrogen and oxygen atoms in total. The van der Waals surface area contributed by atoms with Crippen molar-refractivity contribution in [2.24, 2.45) is 11.8 Å². The molecule has 5 atom stereocenters. The first-order chi connectivity index (χ1) is 12.8. The van der Waals surface area contributed by atoms with Gasteiger partial charge in [0.25, 0.3) is 0 Å². The van der Waals surface area contributed by atoms with Crippen molar-refractivity contribution in [1.29, 1.82) is 5.26 Å². The summed E-state index contributed by atoms with van der Waals surface area (Å²) in [5.41, 5.74) is -4.82. The van der Waals surface area contributed by atoms with Crippen LogP contribution in [0.3, 0.4) is 0 Å². The Kier molecular flexibility index (Phi) is 4.44. The topological polar surface area (TPSA) is 120 Å². The fraction of sp³-hybridized carbons (Fsp3) is 0.500. The number of carboxylic acid groups (broad SMARTS) is 1. The lowest BCUT2D eigenvalue weighted by atomic mass is 9.66. The number of nitrogens with zero attached hydrogens (tertiary/aromatic N) is 1. The molecule has 2 aliphatic heterocycles. The number of carbonyl (C=O) groups excluding carboxylic acids is 1. The first-order valence-corrected chi connectivity index (χ1v) is 8.37. The van der Waals surface area contributed by atoms with Crippen LogP contribution in [0.4, 0.5) is 18.9 Å². The Morgan fingerprint density at radius 2 is 1.96 bits per heavy atom. The Morgan fingerprint density at radius 3 is 2.50 bits per heavy atom. The third-order valence-corrected chi connectivity index (χ3v) is 5.58. The number of nitriles is 1. The molecule has 0 radical (unpaired) electrons. The fourth-order valence-electron chi connectivity index (χ4n) is 4.33. The lowest BCUT2D eigenvalue weighted by molar-refractivity contribution is -0.151. The van der Waals surface area contributed by atoms with E-state index in [0.29, 0.717) is 6.07 Å². The van der Waals surface area contributed by atoms with Crippen LogP contribution in [0, 0.1) is 23.2 Å². The zero-order valence-electron chi connectivity index (χ0n) is 14.9. The summed E-state index contributed by atoms with van der Waals surface area (Å²) in [7, 11) is 0. The summed E-state index contributed by atoms with van der Waals surface area (Å²) in [6.07, 6.45) is -5.88. The van der Waals surface area contributed by atoms with Crippen LogP contribution in [-0.2, 0) is 20.5 Å². The number of nitrogens with one attached hydrogen (secondary N) is 1. The molecule has 2 saturated heterocycles. The molecule has 150 valence electrons. The smallest absolute Gasteiger partial charge is 0.417 e. The molecule has 2 unspecified atom stereocenters. The van der Waals surface area contributed by atoms with E-state index in [9.17, 15) is 33.0 Å². The number of benzene rings is 1. The van der Waals surface area contributed by atoms with Gasteiger partial charge in [0.2, 0.25) is 5.91 Å². The summed E-state index contributed by atoms with van der Waals surface area (Å²) in [5, 5.41) is 31.0. The molecule has 1 aromatic carbocycles. The van der Waals surface area contributed by atoms with Crippen LogP contribution < -0.4 is 5.32 Å². The van der Waals surface area contributed by atoms with Crippen LogP contribution in [0.15, 0.2) is 18.2 Å². The van der Waals surface area contributed by atoms with Crippen molar-refractivity contribution in [2.75, 3.05) is 5.32 Å². The number of alkyl halides is 3. The third-order valence-electron chi connectivity index (χ3n) is 5.58. The molecule has 10 heteroatoms. The van der Waals surface area contributed by atoms with Crippen LogP contribution in [0.5, 0.6) is 0 Å². The lowest BCUT2D eigenvalue weighted by Crippen LogP contribution is -2.54. The van der Waals surface area contributed by atoms with Gasteiger partial charge in [0.15, 0.2) is 0 Å². The molecule has 0 aliphatic carbocycles. The van der Waals surface area contributed by atoms with Gasteiger partial charge in [0.05, 0.1) is 40.7 Å². The number of carboxylic acids is 1. The molecule has 2 heterocycles. The summed E-state index contributed by atoms with van der Waals surface area (Å²) >= 11 is 0. The molecule has 28 heavy (non-hydrogen) atoms. The van der Waals surface area contributed by atoms with Crippen molar-refractivity contribution in [3.63, 3.8) is 0 Å². The number of anilines is 1. The standard InChI is InChI=1S/C18H17F3N2O5/c1-16-6-11(24)17(2,28-16)12(13(16)15(26)27)14(25)23-9-4-3-8(7-22)10(5-9)18(19,20)21/h3-5,11-13,24H,6H2,1-2H3,(H,23,25)(H,26,27)/t11-,12+,13-,16?,17?/m1/s1. The van der Waals surface area contributed by atoms with Crippen molar-refractivity contribution >= 4 is 17.6 Å². The molecule has 2 bridgehead atoms. The predicted molar refractivity (Wildman–Crippen MR) is 87.9 cm³/mol. The van der Waals surface area contributed by atoms with E-state index in [4.69, 9.17) is 10.00 Å². The predicted octanol–water partition coefficient (Wildman–Crippen LogP) is 2.14. The minimum absolute atomic E-state index is 0.0271. The van der Waals surface area contributed by atoms with E-state index in [0.717, 1.165) is 12.1 Å². The average Bonchev–Trinajstić information content (AvgIpc) is 2.95. The van der Waals surface area contributed by atoms with E-state index in [1.165, 1.54) is 19.9 Å². The maximum atomic E-state index is 13.1. The molecule has 0 aromatic heterocycles. The zero-order valence-corrected chi connectivity index (χ0v) is 14.9. The van der Waals surface area contributed by atoms with Gasteiger partial charge in [-0.05, 0) is 32.0 Å². The maximum absolute atomic E-state index is 13.1. The van der Waals surface area contributed by atoms with Crippen molar-refractivity contribution in [3.8, 4) is 6.07 Å². The quantitative estimate of drug-likeness (QED) is 0.718. The van der Waals surface area contributed by atoms with Crippen molar-refractivity contribution < 1.29 is 37.7 Å². The van der Waals surface area contributed by atoms with Gasteiger partial charge in [0.1, 0.15) is 5.60 Å². The Morgan fingerprint density at radius 1 is 1.32 bits per heavy atom. The molecule has 2 aliphatic rings. The molecule has 3 rings (SSSR count). The number of rotatable bonds is 3. The van der Waals surface area contributed by atoms with Gasteiger partial charge < -0.3 is 20.3 Å². The van der Waals surface area contributed by atoms with E-state index < -0.39 is 58.3 Å². The highest BCUT2D eigenvalue weighted by Crippen LogP contribution is 2.57. The third kappa shape index (κ3) is 2.91. The number of fused-ring (bicyclic) bond motifs is 2. The molecule has 0 spiro atoms. The molecule has 3 N–H and O–H groups in total. The Labute approximate surface area is 157 Å². The van der Waals surface area contributed by atoms with Gasteiger partial charge in [-0.1, -0.05) is 0 Å². The summed E-state index contributed by atoms with van der Waals surface area (Å²) < 4.78 is 45.0. The van der Waals surface area contributed by atoms with Gasteiger partial charge >= 0.3 is 12.1 Å². The Balaban J connectivity index is 1.95. The van der Waals surface area contributed by atoms with Crippen LogP contribution in [-0.4, -0.2) is 39.4 Å². The number of carbonyl (C=O) groups is 2. The highest BCUT2D eigenvalue weighted by molar-refractivity contribution is 5.97. The molecular weight excluding hydrogens is 381 g/mol. The van der Waals surface area contributed by atoms with Crippen molar-refractivity contribution in [3.05, 3.63) is 29.3 Å². The van der Waals surface area contributed by atoms with E-state index in [1.807, 2.05) is 0 Å². The first-order valence-electron chi connectivity index (χ1n) is 8.37. The van der Waals surface area contributed by atoms with Crippen molar-refractivity contribution in [2.45, 2.75) is 43.8 Å². The van der Waals surface area contributed by atoms with Gasteiger partial charge in [-0.15, -0.1) is 0 Å². The van der Waals surface area contributed by atoms with Crippen LogP contribution in [0.1, 0.15) is 31.4 Å². The number of halogens is 3. The van der Waals surface area contributed by atoms with Crippen LogP contribution in [0.2, 0.25) is 0 Å². The van der Waals surface area contributed by atoms with Crippen LogP contribution >= 0.6 is 0 Å². The average molecular weight is 398 g/mol. The molecular formula is C18H17F3N2O5. The largest absolute Gasteiger partial charge is 0.481 e. The fourth-order valence-corrected chi connectivity index (χ4v) is 4.33. The van der Waals surface area contributed by atoms with E-state index in [1.54, 1.807) is 0 Å². The minimum Gasteiger partial charge on any atom is -0.481 e. The molecule has 1 aromatic rings. The Bertz CT molecular complexity index is 896. The molecule has 1 amide bonds. The zero-order chi connectivity index (χ0) is 21.1. The SMILES string of the molecule is CC12C[C@@H](O)C(C)(O1)[C@H](C(=O)Nc1ccc(C#N)c(C(F)(F)F)c1)[C@@H]2C(=O)O. The van der Waals surface area contributed by atoms with Gasteiger partial charge in [-0.3, -0.25) is 9.59 Å². The summed E-state index contributed by atoms with van der Waals surface area (Å²) in [6, 6.07) is 4.09. The number of hydrogen-bond acceptors (Lipinski definition) is 5. The van der Waals surface area contributed by atoms with E-state index in [2.05, 4.69) is 5.32 Å². The Hall–Kier alpha value is -2.64. The number of hydrogen-bond donors (Lipinski definition) is 3. The number of aliphatic hydroxyl groups excluding tert-OH is 1. The highest BCUT2D eigenvalue weighted by atomic mass is 19.4. The second kappa shape index (κ2) is 6.18. The van der Waals surface area contributed by atoms with Gasteiger partial charge in [-0.2, -0.15) is 18.4 Å². The van der Waals surface area contributed by atoms with E-state index >= 15 is 0 Å². The summed E-state index contributed by atoms with van der Waals surface area (Å²) in [4.78, 5) is 24.6. The number of amides is 1. The van der Waals surface area contributed by atoms with E-state index in [-0.39, 0.29) is 12.1 Å². The first kappa shape index (κ1) is 20.1. The highest BCUT2D eigenvalue weighted by Gasteiger charge is 2.71. The summed E-state index contributed by atoms with van der Waals surface area (Å²) in [6.45, 7) is 2.90. The number of ether oxygens (including phenoxy) is 1. The number of aliphatic carboxylic acids is 1. The molecule has 0 saturated carbocycles. The van der Waals surface area contributed by atoms with Gasteiger partial charge in [-0.25, -0.2) is 0 Å². The number of aliphatic hydroxyl groups is 1. The lowest BCUT2D eigenvalue weighted by Gasteiger charge is -2.36.